The molecule has 6 heteroatoms. The number of aromatic nitrogens is 2. The van der Waals surface area contributed by atoms with Crippen LogP contribution in [-0.4, -0.2) is 28.3 Å². The maximum absolute atomic E-state index is 12.3. The molecule has 154 valence electrons. The number of rotatable bonds is 6. The van der Waals surface area contributed by atoms with Gasteiger partial charge in [-0.1, -0.05) is 30.7 Å². The molecule has 1 aliphatic carbocycles. The maximum atomic E-state index is 12.3. The average molecular weight is 403 g/mol. The van der Waals surface area contributed by atoms with Crippen LogP contribution in [0, 0.1) is 12.8 Å². The van der Waals surface area contributed by atoms with Gasteiger partial charge in [0.1, 0.15) is 0 Å². The van der Waals surface area contributed by atoms with Crippen LogP contribution in [0.5, 0.6) is 0 Å². The molecule has 0 unspecified atom stereocenters. The minimum atomic E-state index is -0.459. The summed E-state index contributed by atoms with van der Waals surface area (Å²) < 4.78 is 6.88. The molecule has 0 aliphatic heterocycles. The van der Waals surface area contributed by atoms with E-state index in [0.29, 0.717) is 0 Å². The molecule has 0 atom stereocenters. The van der Waals surface area contributed by atoms with Gasteiger partial charge in [0, 0.05) is 17.2 Å². The Balaban J connectivity index is 1.72. The van der Waals surface area contributed by atoms with Gasteiger partial charge in [0.05, 0.1) is 18.0 Å². The number of ether oxygens (including phenoxy) is 1. The molecule has 1 aliphatic rings. The SMILES string of the molecule is CCOC(=O)c1cc(-c2cccc(NC(=O)C3CCC3)c2)n(-c2cccc(C)c2)n1. The smallest absolute Gasteiger partial charge is 0.358 e. The van der Waals surface area contributed by atoms with Crippen molar-refractivity contribution in [3.63, 3.8) is 0 Å². The largest absolute Gasteiger partial charge is 0.461 e. The molecule has 6 nitrogen and oxygen atoms in total. The molecule has 1 heterocycles. The number of nitrogens with one attached hydrogen (secondary N) is 1. The van der Waals surface area contributed by atoms with E-state index < -0.39 is 5.97 Å². The third-order valence-electron chi connectivity index (χ3n) is 5.34. The summed E-state index contributed by atoms with van der Waals surface area (Å²) in [7, 11) is 0. The topological polar surface area (TPSA) is 73.2 Å². The second kappa shape index (κ2) is 8.53. The summed E-state index contributed by atoms with van der Waals surface area (Å²) in [5, 5.41) is 7.52. The molecule has 1 amide bonds. The van der Waals surface area contributed by atoms with Gasteiger partial charge < -0.3 is 10.1 Å². The van der Waals surface area contributed by atoms with E-state index in [1.807, 2.05) is 55.5 Å². The highest BCUT2D eigenvalue weighted by Gasteiger charge is 2.25. The second-order valence-electron chi connectivity index (χ2n) is 7.58. The monoisotopic (exact) mass is 403 g/mol. The van der Waals surface area contributed by atoms with Gasteiger partial charge in [-0.05, 0) is 62.6 Å². The molecule has 0 saturated heterocycles. The summed E-state index contributed by atoms with van der Waals surface area (Å²) in [6, 6.07) is 17.3. The van der Waals surface area contributed by atoms with E-state index in [1.165, 1.54) is 0 Å². The Morgan fingerprint density at radius 3 is 2.63 bits per heavy atom. The van der Waals surface area contributed by atoms with Gasteiger partial charge in [0.15, 0.2) is 5.69 Å². The Morgan fingerprint density at radius 1 is 1.13 bits per heavy atom. The highest BCUT2D eigenvalue weighted by molar-refractivity contribution is 5.94. The number of nitrogens with zero attached hydrogens (tertiary/aromatic N) is 2. The van der Waals surface area contributed by atoms with Crippen molar-refractivity contribution in [2.45, 2.75) is 33.1 Å². The number of hydrogen-bond acceptors (Lipinski definition) is 4. The molecule has 0 radical (unpaired) electrons. The molecular formula is C24H25N3O3. The lowest BCUT2D eigenvalue weighted by molar-refractivity contribution is -0.122. The highest BCUT2D eigenvalue weighted by atomic mass is 16.5. The third-order valence-corrected chi connectivity index (χ3v) is 5.34. The number of aryl methyl sites for hydroxylation is 1. The second-order valence-corrected chi connectivity index (χ2v) is 7.58. The molecule has 0 spiro atoms. The van der Waals surface area contributed by atoms with Crippen molar-refractivity contribution in [3.05, 3.63) is 65.9 Å². The van der Waals surface area contributed by atoms with Gasteiger partial charge in [-0.2, -0.15) is 5.10 Å². The Morgan fingerprint density at radius 2 is 1.93 bits per heavy atom. The van der Waals surface area contributed by atoms with Crippen molar-refractivity contribution in [2.24, 2.45) is 5.92 Å². The van der Waals surface area contributed by atoms with Gasteiger partial charge in [0.2, 0.25) is 5.91 Å². The fraction of sp³-hybridized carbons (Fsp3) is 0.292. The van der Waals surface area contributed by atoms with Crippen LogP contribution in [0.15, 0.2) is 54.6 Å². The predicted octanol–water partition coefficient (Wildman–Crippen LogP) is 4.76. The van der Waals surface area contributed by atoms with Crippen LogP contribution >= 0.6 is 0 Å². The first-order valence-corrected chi connectivity index (χ1v) is 10.3. The van der Waals surface area contributed by atoms with Gasteiger partial charge in [-0.25, -0.2) is 9.48 Å². The Labute approximate surface area is 175 Å². The zero-order chi connectivity index (χ0) is 21.1. The maximum Gasteiger partial charge on any atom is 0.358 e. The standard InChI is InChI=1S/C24H25N3O3/c1-3-30-24(29)21-15-22(27(26-21)20-12-4-7-16(2)13-20)18-10-6-11-19(14-18)25-23(28)17-8-5-9-17/h4,6-7,10-15,17H,3,5,8-9H2,1-2H3,(H,25,28). The molecule has 1 fully saturated rings. The van der Waals surface area contributed by atoms with Gasteiger partial charge >= 0.3 is 5.97 Å². The van der Waals surface area contributed by atoms with E-state index in [1.54, 1.807) is 17.7 Å². The molecule has 1 aromatic heterocycles. The molecular weight excluding hydrogens is 378 g/mol. The molecule has 30 heavy (non-hydrogen) atoms. The van der Waals surface area contributed by atoms with Crippen LogP contribution in [0.2, 0.25) is 0 Å². The first-order chi connectivity index (χ1) is 14.5. The van der Waals surface area contributed by atoms with Crippen molar-refractivity contribution < 1.29 is 14.3 Å². The number of carbonyl (C=O) groups is 2. The van der Waals surface area contributed by atoms with Crippen molar-refractivity contribution in [1.29, 1.82) is 0 Å². The first-order valence-electron chi connectivity index (χ1n) is 10.3. The summed E-state index contributed by atoms with van der Waals surface area (Å²) in [5.41, 5.74) is 4.53. The number of amides is 1. The van der Waals surface area contributed by atoms with E-state index in [9.17, 15) is 9.59 Å². The first kappa shape index (κ1) is 19.9. The molecule has 0 bridgehead atoms. The predicted molar refractivity (Wildman–Crippen MR) is 116 cm³/mol. The number of esters is 1. The molecule has 1 N–H and O–H groups in total. The summed E-state index contributed by atoms with van der Waals surface area (Å²) in [6.07, 6.45) is 3.02. The quantitative estimate of drug-likeness (QED) is 0.602. The highest BCUT2D eigenvalue weighted by Crippen LogP contribution is 2.30. The van der Waals surface area contributed by atoms with E-state index >= 15 is 0 Å². The number of hydrogen-bond donors (Lipinski definition) is 1. The van der Waals surface area contributed by atoms with E-state index in [2.05, 4.69) is 10.4 Å². The van der Waals surface area contributed by atoms with Crippen molar-refractivity contribution in [1.82, 2.24) is 9.78 Å². The lowest BCUT2D eigenvalue weighted by Gasteiger charge is -2.24. The molecule has 3 aromatic rings. The van der Waals surface area contributed by atoms with Crippen LogP contribution in [-0.2, 0) is 9.53 Å². The summed E-state index contributed by atoms with van der Waals surface area (Å²) in [4.78, 5) is 24.7. The average Bonchev–Trinajstić information content (AvgIpc) is 3.13. The lowest BCUT2D eigenvalue weighted by atomic mass is 9.85. The van der Waals surface area contributed by atoms with Gasteiger partial charge in [0.25, 0.3) is 0 Å². The van der Waals surface area contributed by atoms with Crippen LogP contribution in [0.25, 0.3) is 16.9 Å². The Bertz CT molecular complexity index is 1080. The zero-order valence-electron chi connectivity index (χ0n) is 17.2. The number of carbonyl (C=O) groups excluding carboxylic acids is 2. The summed E-state index contributed by atoms with van der Waals surface area (Å²) >= 11 is 0. The Hall–Kier alpha value is -3.41. The summed E-state index contributed by atoms with van der Waals surface area (Å²) in [6.45, 7) is 4.06. The molecule has 4 rings (SSSR count). The van der Waals surface area contributed by atoms with Crippen molar-refractivity contribution in [3.8, 4) is 16.9 Å². The van der Waals surface area contributed by atoms with Gasteiger partial charge in [-0.3, -0.25) is 4.79 Å². The van der Waals surface area contributed by atoms with Crippen molar-refractivity contribution >= 4 is 17.6 Å². The lowest BCUT2D eigenvalue weighted by Crippen LogP contribution is -2.27. The number of anilines is 1. The number of benzene rings is 2. The van der Waals surface area contributed by atoms with Crippen molar-refractivity contribution in [2.75, 3.05) is 11.9 Å². The molecule has 1 saturated carbocycles. The van der Waals surface area contributed by atoms with Gasteiger partial charge in [-0.15, -0.1) is 0 Å². The normalized spacial score (nSPS) is 13.5. The van der Waals surface area contributed by atoms with E-state index in [0.717, 1.165) is 47.5 Å². The van der Waals surface area contributed by atoms with Crippen LogP contribution in [0.1, 0.15) is 42.2 Å². The van der Waals surface area contributed by atoms with Crippen LogP contribution < -0.4 is 5.32 Å². The Kier molecular flexibility index (Phi) is 5.65. The zero-order valence-corrected chi connectivity index (χ0v) is 17.2. The minimum Gasteiger partial charge on any atom is -0.461 e. The van der Waals surface area contributed by atoms with E-state index in [-0.39, 0.29) is 24.1 Å². The van der Waals surface area contributed by atoms with Crippen LogP contribution in [0.3, 0.4) is 0 Å². The van der Waals surface area contributed by atoms with Crippen LogP contribution in [0.4, 0.5) is 5.69 Å². The molecule has 2 aromatic carbocycles. The minimum absolute atomic E-state index is 0.0674. The summed E-state index contributed by atoms with van der Waals surface area (Å²) in [5.74, 6) is -0.278. The third kappa shape index (κ3) is 4.13. The fourth-order valence-electron chi connectivity index (χ4n) is 3.52. The van der Waals surface area contributed by atoms with E-state index in [4.69, 9.17) is 4.74 Å². The fourth-order valence-corrected chi connectivity index (χ4v) is 3.52.